The average molecular weight is 683 g/mol. The molecule has 5 aromatic rings. The minimum absolute atomic E-state index is 0.0192. The molecule has 3 N–H and O–H groups in total. The van der Waals surface area contributed by atoms with Gasteiger partial charge in [0.05, 0.1) is 47.9 Å². The third kappa shape index (κ3) is 6.91. The molecule has 0 atom stereocenters. The fourth-order valence-electron chi connectivity index (χ4n) is 4.80. The fourth-order valence-corrected chi connectivity index (χ4v) is 5.65. The number of benzene rings is 4. The van der Waals surface area contributed by atoms with Crippen molar-refractivity contribution in [3.05, 3.63) is 77.9 Å². The number of phenols is 1. The number of aromatic hydroxyl groups is 1. The summed E-state index contributed by atoms with van der Waals surface area (Å²) in [5.41, 5.74) is 0.132. The van der Waals surface area contributed by atoms with Crippen LogP contribution in [0.2, 0.25) is 0 Å². The average Bonchev–Trinajstić information content (AvgIpc) is 3.04. The van der Waals surface area contributed by atoms with Crippen molar-refractivity contribution < 1.29 is 35.6 Å². The summed E-state index contributed by atoms with van der Waals surface area (Å²) in [5, 5.41) is 25.3. The number of halogens is 3. The van der Waals surface area contributed by atoms with Gasteiger partial charge in [0.2, 0.25) is 11.9 Å². The van der Waals surface area contributed by atoms with Crippen LogP contribution in [-0.2, 0) is 20.5 Å². The first kappa shape index (κ1) is 33.8. The van der Waals surface area contributed by atoms with Crippen LogP contribution < -0.4 is 20.3 Å². The summed E-state index contributed by atoms with van der Waals surface area (Å²) < 4.78 is 76.5. The van der Waals surface area contributed by atoms with Crippen molar-refractivity contribution in [2.24, 2.45) is 10.2 Å². The van der Waals surface area contributed by atoms with Crippen molar-refractivity contribution in [2.75, 3.05) is 43.8 Å². The van der Waals surface area contributed by atoms with E-state index in [1.807, 2.05) is 43.3 Å². The fraction of sp³-hybridized carbons (Fsp3) is 0.194. The maximum Gasteiger partial charge on any atom is 0.418 e. The minimum Gasteiger partial charge on any atom is -0.505 e. The van der Waals surface area contributed by atoms with Crippen molar-refractivity contribution >= 4 is 61.2 Å². The van der Waals surface area contributed by atoms with Crippen LogP contribution in [0.1, 0.15) is 11.1 Å². The summed E-state index contributed by atoms with van der Waals surface area (Å²) in [5.74, 6) is -0.537. The Morgan fingerprint density at radius 3 is 2.17 bits per heavy atom. The number of nitrogens with one attached hydrogen (secondary N) is 2. The second kappa shape index (κ2) is 13.3. The highest BCUT2D eigenvalue weighted by Crippen LogP contribution is 2.46. The van der Waals surface area contributed by atoms with E-state index in [-0.39, 0.29) is 50.5 Å². The standard InChI is InChI=1S/C31H29F3N8O5S/c1-17-16-18-24(48(44,45)47-5)15-14-22(25(18)27(43)26(17)41-40-20-11-7-6-10-19(20)31(32,33)34)36-29-37-28(38-30(39-29)46-4)35-21-12-8-9-13-23(21)42(2)3/h6-16,43H,1-5H3,(H2,35,36,37,38,39). The zero-order valence-electron chi connectivity index (χ0n) is 26.2. The van der Waals surface area contributed by atoms with Crippen LogP contribution in [-0.4, -0.2) is 56.8 Å². The van der Waals surface area contributed by atoms with Gasteiger partial charge >= 0.3 is 12.2 Å². The second-order valence-corrected chi connectivity index (χ2v) is 12.1. The van der Waals surface area contributed by atoms with E-state index >= 15 is 0 Å². The van der Waals surface area contributed by atoms with Gasteiger partial charge in [-0.25, -0.2) is 0 Å². The number of azo groups is 1. The quantitative estimate of drug-likeness (QED) is 0.0995. The van der Waals surface area contributed by atoms with Gasteiger partial charge in [0.15, 0.2) is 5.75 Å². The van der Waals surface area contributed by atoms with Crippen molar-refractivity contribution in [1.82, 2.24) is 15.0 Å². The number of phenolic OH excluding ortho intramolecular Hbond substituents is 1. The number of hydrogen-bond acceptors (Lipinski definition) is 13. The van der Waals surface area contributed by atoms with Crippen molar-refractivity contribution in [1.29, 1.82) is 0 Å². The van der Waals surface area contributed by atoms with E-state index in [0.29, 0.717) is 5.69 Å². The van der Waals surface area contributed by atoms with Gasteiger partial charge in [-0.2, -0.15) is 36.5 Å². The Labute approximate surface area is 273 Å². The lowest BCUT2D eigenvalue weighted by Gasteiger charge is -2.18. The first-order chi connectivity index (χ1) is 22.7. The van der Waals surface area contributed by atoms with Crippen LogP contribution in [0.4, 0.5) is 53.5 Å². The summed E-state index contributed by atoms with van der Waals surface area (Å²) in [6.45, 7) is 1.49. The summed E-state index contributed by atoms with van der Waals surface area (Å²) in [4.78, 5) is 14.5. The Morgan fingerprint density at radius 1 is 0.875 bits per heavy atom. The lowest BCUT2D eigenvalue weighted by atomic mass is 10.0. The van der Waals surface area contributed by atoms with Crippen LogP contribution in [0, 0.1) is 6.92 Å². The number of aromatic nitrogens is 3. The number of rotatable bonds is 10. The molecule has 48 heavy (non-hydrogen) atoms. The molecule has 0 saturated heterocycles. The third-order valence-electron chi connectivity index (χ3n) is 7.03. The number of ether oxygens (including phenoxy) is 1. The Morgan fingerprint density at radius 2 is 1.52 bits per heavy atom. The minimum atomic E-state index is -4.70. The van der Waals surface area contributed by atoms with Crippen molar-refractivity contribution in [3.8, 4) is 11.8 Å². The summed E-state index contributed by atoms with van der Waals surface area (Å²) >= 11 is 0. The molecule has 0 saturated carbocycles. The first-order valence-electron chi connectivity index (χ1n) is 14.0. The van der Waals surface area contributed by atoms with Gasteiger partial charge in [-0.05, 0) is 55.0 Å². The van der Waals surface area contributed by atoms with Gasteiger partial charge in [0, 0.05) is 19.5 Å². The summed E-state index contributed by atoms with van der Waals surface area (Å²) in [6, 6.07) is 15.9. The van der Waals surface area contributed by atoms with E-state index in [1.54, 1.807) is 0 Å². The Balaban J connectivity index is 1.66. The maximum atomic E-state index is 13.6. The van der Waals surface area contributed by atoms with Crippen molar-refractivity contribution in [2.45, 2.75) is 18.0 Å². The molecule has 0 aliphatic heterocycles. The highest BCUT2D eigenvalue weighted by molar-refractivity contribution is 7.87. The Hall–Kier alpha value is -5.55. The van der Waals surface area contributed by atoms with E-state index in [9.17, 15) is 26.7 Å². The number of para-hydroxylation sites is 2. The normalized spacial score (nSPS) is 12.0. The number of fused-ring (bicyclic) bond motifs is 1. The Bertz CT molecular complexity index is 2140. The lowest BCUT2D eigenvalue weighted by Crippen LogP contribution is -2.12. The van der Waals surface area contributed by atoms with Crippen LogP contribution in [0.3, 0.4) is 0 Å². The first-order valence-corrected chi connectivity index (χ1v) is 15.4. The van der Waals surface area contributed by atoms with Gasteiger partial charge < -0.3 is 25.4 Å². The van der Waals surface area contributed by atoms with Crippen LogP contribution in [0.25, 0.3) is 10.8 Å². The molecule has 5 rings (SSSR count). The molecule has 13 nitrogen and oxygen atoms in total. The molecule has 0 aliphatic rings. The number of anilines is 5. The van der Waals surface area contributed by atoms with Crippen molar-refractivity contribution in [3.63, 3.8) is 0 Å². The predicted octanol–water partition coefficient (Wildman–Crippen LogP) is 7.37. The van der Waals surface area contributed by atoms with E-state index < -0.39 is 33.3 Å². The van der Waals surface area contributed by atoms with Crippen LogP contribution >= 0.6 is 0 Å². The number of nitrogens with zero attached hydrogens (tertiary/aromatic N) is 6. The van der Waals surface area contributed by atoms with Crippen LogP contribution in [0.15, 0.2) is 81.9 Å². The number of hydrogen-bond donors (Lipinski definition) is 3. The summed E-state index contributed by atoms with van der Waals surface area (Å²) in [6.07, 6.45) is -4.70. The highest BCUT2D eigenvalue weighted by atomic mass is 32.2. The molecule has 0 bridgehead atoms. The van der Waals surface area contributed by atoms with Gasteiger partial charge in [-0.3, -0.25) is 4.18 Å². The molecule has 0 spiro atoms. The third-order valence-corrected chi connectivity index (χ3v) is 8.37. The predicted molar refractivity (Wildman–Crippen MR) is 174 cm³/mol. The topological polar surface area (TPSA) is 164 Å². The maximum absolute atomic E-state index is 13.6. The lowest BCUT2D eigenvalue weighted by molar-refractivity contribution is -0.137. The SMILES string of the molecule is COc1nc(Nc2ccccc2N(C)C)nc(Nc2ccc(S(=O)(=O)OC)c3cc(C)c(N=Nc4ccccc4C(F)(F)F)c(O)c23)n1. The second-order valence-electron chi connectivity index (χ2n) is 10.4. The molecule has 0 unspecified atom stereocenters. The van der Waals surface area contributed by atoms with Gasteiger partial charge in [0.25, 0.3) is 10.1 Å². The molecule has 1 heterocycles. The molecule has 1 aromatic heterocycles. The molecule has 4 aromatic carbocycles. The smallest absolute Gasteiger partial charge is 0.418 e. The number of aryl methyl sites for hydroxylation is 1. The zero-order valence-corrected chi connectivity index (χ0v) is 27.0. The number of alkyl halides is 3. The van der Waals surface area contributed by atoms with E-state index in [4.69, 9.17) is 8.92 Å². The van der Waals surface area contributed by atoms with E-state index in [2.05, 4.69) is 35.8 Å². The molecule has 17 heteroatoms. The molecule has 250 valence electrons. The monoisotopic (exact) mass is 682 g/mol. The molecular weight excluding hydrogens is 653 g/mol. The molecule has 0 amide bonds. The van der Waals surface area contributed by atoms with E-state index in [0.717, 1.165) is 24.9 Å². The molecular formula is C31H29F3N8O5S. The van der Waals surface area contributed by atoms with E-state index in [1.165, 1.54) is 44.4 Å². The largest absolute Gasteiger partial charge is 0.505 e. The number of methoxy groups -OCH3 is 1. The molecule has 0 fully saturated rings. The molecule has 0 aliphatic carbocycles. The zero-order chi connectivity index (χ0) is 34.8. The highest BCUT2D eigenvalue weighted by Gasteiger charge is 2.33. The van der Waals surface area contributed by atoms with Crippen LogP contribution in [0.5, 0.6) is 11.8 Å². The Kier molecular flexibility index (Phi) is 9.36. The summed E-state index contributed by atoms with van der Waals surface area (Å²) in [7, 11) is 1.80. The molecule has 0 radical (unpaired) electrons. The van der Waals surface area contributed by atoms with Gasteiger partial charge in [0.1, 0.15) is 10.6 Å². The van der Waals surface area contributed by atoms with Gasteiger partial charge in [-0.15, -0.1) is 10.2 Å². The van der Waals surface area contributed by atoms with Gasteiger partial charge in [-0.1, -0.05) is 24.3 Å².